The summed E-state index contributed by atoms with van der Waals surface area (Å²) in [5.74, 6) is -0.0305. The van der Waals surface area contributed by atoms with Gasteiger partial charge in [-0.05, 0) is 42.2 Å². The lowest BCUT2D eigenvalue weighted by Gasteiger charge is -2.19. The van der Waals surface area contributed by atoms with Gasteiger partial charge in [-0.3, -0.25) is 4.18 Å². The molecular weight excluding hydrogens is 320 g/mol. The van der Waals surface area contributed by atoms with Crippen LogP contribution in [0.1, 0.15) is 22.6 Å². The predicted molar refractivity (Wildman–Crippen MR) is 89.9 cm³/mol. The molecule has 0 aliphatic heterocycles. The van der Waals surface area contributed by atoms with E-state index in [1.165, 1.54) is 0 Å². The number of rotatable bonds is 6. The standard InChI is InChI=1S/C17H19ClO3S/c1-13-5-3-4-6-17(13)15(12-21-22(2,19)20)11-14-7-9-16(18)10-8-14/h3-10,15H,11-12H2,1-2H3/t15-/m0/s1. The molecule has 0 bridgehead atoms. The van der Waals surface area contributed by atoms with Crippen molar-refractivity contribution in [3.05, 3.63) is 70.2 Å². The molecule has 0 aromatic heterocycles. The average Bonchev–Trinajstić information content (AvgIpc) is 2.45. The van der Waals surface area contributed by atoms with E-state index in [-0.39, 0.29) is 12.5 Å². The molecule has 5 heteroatoms. The van der Waals surface area contributed by atoms with Gasteiger partial charge in [0.25, 0.3) is 10.1 Å². The fourth-order valence-electron chi connectivity index (χ4n) is 2.41. The van der Waals surface area contributed by atoms with Gasteiger partial charge in [0.1, 0.15) is 0 Å². The number of hydrogen-bond acceptors (Lipinski definition) is 3. The van der Waals surface area contributed by atoms with Crippen LogP contribution < -0.4 is 0 Å². The molecule has 0 saturated carbocycles. The number of halogens is 1. The van der Waals surface area contributed by atoms with Crippen molar-refractivity contribution >= 4 is 21.7 Å². The highest BCUT2D eigenvalue weighted by Crippen LogP contribution is 2.25. The van der Waals surface area contributed by atoms with Crippen molar-refractivity contribution in [1.82, 2.24) is 0 Å². The summed E-state index contributed by atoms with van der Waals surface area (Å²) in [5, 5.41) is 0.684. The molecule has 0 aliphatic rings. The van der Waals surface area contributed by atoms with E-state index in [0.717, 1.165) is 22.9 Å². The number of aryl methyl sites for hydroxylation is 1. The van der Waals surface area contributed by atoms with Crippen LogP contribution in [0.2, 0.25) is 5.02 Å². The zero-order chi connectivity index (χ0) is 16.2. The van der Waals surface area contributed by atoms with E-state index in [9.17, 15) is 8.42 Å². The van der Waals surface area contributed by atoms with E-state index in [2.05, 4.69) is 0 Å². The third kappa shape index (κ3) is 5.13. The number of hydrogen-bond donors (Lipinski definition) is 0. The van der Waals surface area contributed by atoms with Gasteiger partial charge < -0.3 is 0 Å². The first kappa shape index (κ1) is 17.0. The summed E-state index contributed by atoms with van der Waals surface area (Å²) in [7, 11) is -3.46. The van der Waals surface area contributed by atoms with Crippen LogP contribution in [0.25, 0.3) is 0 Å². The first-order valence-electron chi connectivity index (χ1n) is 6.99. The van der Waals surface area contributed by atoms with Crippen molar-refractivity contribution in [2.45, 2.75) is 19.3 Å². The lowest BCUT2D eigenvalue weighted by atomic mass is 9.90. The Kier molecular flexibility index (Phi) is 5.62. The van der Waals surface area contributed by atoms with E-state index in [0.29, 0.717) is 11.4 Å². The molecule has 0 saturated heterocycles. The molecule has 0 amide bonds. The maximum atomic E-state index is 11.3. The Labute approximate surface area is 137 Å². The van der Waals surface area contributed by atoms with Crippen LogP contribution >= 0.6 is 11.6 Å². The van der Waals surface area contributed by atoms with Gasteiger partial charge in [-0.2, -0.15) is 8.42 Å². The molecule has 0 radical (unpaired) electrons. The van der Waals surface area contributed by atoms with Gasteiger partial charge in [-0.15, -0.1) is 0 Å². The summed E-state index contributed by atoms with van der Waals surface area (Å²) >= 11 is 5.91. The molecule has 118 valence electrons. The Bertz CT molecular complexity index is 724. The second-order valence-electron chi connectivity index (χ2n) is 5.37. The molecule has 0 spiro atoms. The average molecular weight is 339 g/mol. The van der Waals surface area contributed by atoms with Gasteiger partial charge in [-0.1, -0.05) is 48.0 Å². The van der Waals surface area contributed by atoms with Crippen molar-refractivity contribution in [3.63, 3.8) is 0 Å². The van der Waals surface area contributed by atoms with E-state index < -0.39 is 10.1 Å². The van der Waals surface area contributed by atoms with Crippen LogP contribution in [0, 0.1) is 6.92 Å². The predicted octanol–water partition coefficient (Wildman–Crippen LogP) is 3.95. The Hall–Kier alpha value is -1.36. The highest BCUT2D eigenvalue weighted by molar-refractivity contribution is 7.85. The maximum absolute atomic E-state index is 11.3. The monoisotopic (exact) mass is 338 g/mol. The third-order valence-electron chi connectivity index (χ3n) is 3.51. The van der Waals surface area contributed by atoms with Crippen LogP contribution in [0.5, 0.6) is 0 Å². The zero-order valence-corrected chi connectivity index (χ0v) is 14.2. The van der Waals surface area contributed by atoms with Crippen molar-refractivity contribution in [2.75, 3.05) is 12.9 Å². The summed E-state index contributed by atoms with van der Waals surface area (Å²) in [6, 6.07) is 15.5. The SMILES string of the molecule is Cc1ccccc1[C@H](COS(C)(=O)=O)Cc1ccc(Cl)cc1. The molecule has 3 nitrogen and oxygen atoms in total. The Morgan fingerprint density at radius 1 is 1.09 bits per heavy atom. The lowest BCUT2D eigenvalue weighted by Crippen LogP contribution is -2.15. The molecule has 0 aliphatic carbocycles. The molecule has 0 heterocycles. The van der Waals surface area contributed by atoms with Gasteiger partial charge in [-0.25, -0.2) is 0 Å². The molecule has 0 N–H and O–H groups in total. The molecular formula is C17H19ClO3S. The minimum atomic E-state index is -3.46. The first-order chi connectivity index (χ1) is 10.3. The summed E-state index contributed by atoms with van der Waals surface area (Å²) in [6.45, 7) is 2.15. The molecule has 22 heavy (non-hydrogen) atoms. The molecule has 2 aromatic rings. The van der Waals surface area contributed by atoms with Gasteiger partial charge in [0, 0.05) is 10.9 Å². The van der Waals surface area contributed by atoms with Crippen LogP contribution in [0.4, 0.5) is 0 Å². The summed E-state index contributed by atoms with van der Waals surface area (Å²) in [6.07, 6.45) is 1.77. The largest absolute Gasteiger partial charge is 0.270 e. The topological polar surface area (TPSA) is 43.4 Å². The van der Waals surface area contributed by atoms with Gasteiger partial charge in [0.05, 0.1) is 12.9 Å². The zero-order valence-electron chi connectivity index (χ0n) is 12.6. The second kappa shape index (κ2) is 7.27. The van der Waals surface area contributed by atoms with E-state index in [4.69, 9.17) is 15.8 Å². The van der Waals surface area contributed by atoms with E-state index in [1.54, 1.807) is 0 Å². The van der Waals surface area contributed by atoms with Crippen LogP contribution in [-0.4, -0.2) is 21.3 Å². The van der Waals surface area contributed by atoms with Gasteiger partial charge in [0.15, 0.2) is 0 Å². The van der Waals surface area contributed by atoms with Crippen LogP contribution in [0.3, 0.4) is 0 Å². The molecule has 1 atom stereocenters. The molecule has 0 fully saturated rings. The first-order valence-corrected chi connectivity index (χ1v) is 9.19. The van der Waals surface area contributed by atoms with Gasteiger partial charge in [0.2, 0.25) is 0 Å². The fourth-order valence-corrected chi connectivity index (χ4v) is 2.95. The summed E-state index contributed by atoms with van der Waals surface area (Å²) in [5.41, 5.74) is 3.31. The second-order valence-corrected chi connectivity index (χ2v) is 7.45. The van der Waals surface area contributed by atoms with E-state index >= 15 is 0 Å². The smallest absolute Gasteiger partial charge is 0.264 e. The van der Waals surface area contributed by atoms with Crippen LogP contribution in [0.15, 0.2) is 48.5 Å². The third-order valence-corrected chi connectivity index (χ3v) is 4.32. The highest BCUT2D eigenvalue weighted by Gasteiger charge is 2.17. The number of benzene rings is 2. The van der Waals surface area contributed by atoms with Crippen molar-refractivity contribution in [3.8, 4) is 0 Å². The Balaban J connectivity index is 2.25. The summed E-state index contributed by atoms with van der Waals surface area (Å²) < 4.78 is 27.7. The molecule has 0 unspecified atom stereocenters. The minimum absolute atomic E-state index is 0.0305. The van der Waals surface area contributed by atoms with Crippen molar-refractivity contribution in [1.29, 1.82) is 0 Å². The van der Waals surface area contributed by atoms with Crippen molar-refractivity contribution in [2.24, 2.45) is 0 Å². The van der Waals surface area contributed by atoms with Crippen molar-refractivity contribution < 1.29 is 12.6 Å². The van der Waals surface area contributed by atoms with E-state index in [1.807, 2.05) is 55.5 Å². The minimum Gasteiger partial charge on any atom is -0.270 e. The quantitative estimate of drug-likeness (QED) is 0.749. The Morgan fingerprint density at radius 3 is 2.32 bits per heavy atom. The fraction of sp³-hybridized carbons (Fsp3) is 0.294. The van der Waals surface area contributed by atoms with Gasteiger partial charge >= 0.3 is 0 Å². The lowest BCUT2D eigenvalue weighted by molar-refractivity contribution is 0.293. The molecule has 2 aromatic carbocycles. The summed E-state index contributed by atoms with van der Waals surface area (Å²) in [4.78, 5) is 0. The Morgan fingerprint density at radius 2 is 1.73 bits per heavy atom. The normalized spacial score (nSPS) is 13.0. The maximum Gasteiger partial charge on any atom is 0.264 e. The highest BCUT2D eigenvalue weighted by atomic mass is 35.5. The van der Waals surface area contributed by atoms with Crippen LogP contribution in [-0.2, 0) is 20.7 Å². The molecule has 2 rings (SSSR count).